The lowest BCUT2D eigenvalue weighted by molar-refractivity contribution is -0.115. The van der Waals surface area contributed by atoms with Gasteiger partial charge in [0.2, 0.25) is 11.8 Å². The van der Waals surface area contributed by atoms with Crippen molar-refractivity contribution >= 4 is 29.1 Å². The van der Waals surface area contributed by atoms with E-state index in [1.54, 1.807) is 18.2 Å². The summed E-state index contributed by atoms with van der Waals surface area (Å²) in [6.07, 6.45) is 0.659. The van der Waals surface area contributed by atoms with E-state index in [0.29, 0.717) is 30.0 Å². The quantitative estimate of drug-likeness (QED) is 0.774. The van der Waals surface area contributed by atoms with Gasteiger partial charge in [0.1, 0.15) is 5.75 Å². The van der Waals surface area contributed by atoms with Crippen molar-refractivity contribution in [3.8, 4) is 5.75 Å². The highest BCUT2D eigenvalue weighted by Gasteiger charge is 2.23. The summed E-state index contributed by atoms with van der Waals surface area (Å²) >= 11 is 0. The summed E-state index contributed by atoms with van der Waals surface area (Å²) in [5.41, 5.74) is 2.14. The molecule has 0 fully saturated rings. The predicted octanol–water partition coefficient (Wildman–Crippen LogP) is 2.86. The van der Waals surface area contributed by atoms with Crippen molar-refractivity contribution in [1.82, 2.24) is 5.32 Å². The van der Waals surface area contributed by atoms with E-state index in [9.17, 15) is 14.4 Å². The Kier molecular flexibility index (Phi) is 5.40. The highest BCUT2D eigenvalue weighted by molar-refractivity contribution is 6.00. The van der Waals surface area contributed by atoms with Gasteiger partial charge < -0.3 is 20.7 Å². The summed E-state index contributed by atoms with van der Waals surface area (Å²) < 4.78 is 5.62. The minimum absolute atomic E-state index is 0.170. The molecule has 7 heteroatoms. The molecule has 0 spiro atoms. The SMILES string of the molecule is CC(=O)Nc1cc(NC(C)=O)cc(C(=O)N[C@H]2CCOc3ccccc32)c1. The summed E-state index contributed by atoms with van der Waals surface area (Å²) in [6.45, 7) is 3.28. The van der Waals surface area contributed by atoms with Gasteiger partial charge in [0.25, 0.3) is 5.91 Å². The number of nitrogens with one attached hydrogen (secondary N) is 3. The summed E-state index contributed by atoms with van der Waals surface area (Å²) in [5, 5.41) is 8.29. The van der Waals surface area contributed by atoms with Crippen molar-refractivity contribution in [2.75, 3.05) is 17.2 Å². The molecule has 0 unspecified atom stereocenters. The average molecular weight is 367 g/mol. The molecule has 27 heavy (non-hydrogen) atoms. The third-order valence-electron chi connectivity index (χ3n) is 4.10. The molecule has 0 bridgehead atoms. The van der Waals surface area contributed by atoms with Crippen molar-refractivity contribution < 1.29 is 19.1 Å². The van der Waals surface area contributed by atoms with Gasteiger partial charge in [0, 0.05) is 42.8 Å². The van der Waals surface area contributed by atoms with Gasteiger partial charge in [-0.3, -0.25) is 14.4 Å². The molecule has 7 nitrogen and oxygen atoms in total. The van der Waals surface area contributed by atoms with Crippen LogP contribution in [0.3, 0.4) is 0 Å². The van der Waals surface area contributed by atoms with Gasteiger partial charge in [0.15, 0.2) is 0 Å². The van der Waals surface area contributed by atoms with Crippen LogP contribution in [-0.4, -0.2) is 24.3 Å². The molecular formula is C20H21N3O4. The maximum Gasteiger partial charge on any atom is 0.251 e. The molecule has 2 aromatic rings. The van der Waals surface area contributed by atoms with Crippen LogP contribution >= 0.6 is 0 Å². The zero-order chi connectivity index (χ0) is 19.4. The smallest absolute Gasteiger partial charge is 0.251 e. The van der Waals surface area contributed by atoms with Crippen LogP contribution in [0, 0.1) is 0 Å². The summed E-state index contributed by atoms with van der Waals surface area (Å²) in [4.78, 5) is 35.6. The Morgan fingerprint density at radius 3 is 2.22 bits per heavy atom. The maximum absolute atomic E-state index is 12.8. The van der Waals surface area contributed by atoms with E-state index in [4.69, 9.17) is 4.74 Å². The Labute approximate surface area is 157 Å². The van der Waals surface area contributed by atoms with Crippen LogP contribution in [-0.2, 0) is 9.59 Å². The fourth-order valence-corrected chi connectivity index (χ4v) is 3.04. The molecule has 140 valence electrons. The number of carbonyl (C=O) groups is 3. The van der Waals surface area contributed by atoms with Crippen LogP contribution in [0.15, 0.2) is 42.5 Å². The maximum atomic E-state index is 12.8. The lowest BCUT2D eigenvalue weighted by atomic mass is 10.00. The average Bonchev–Trinajstić information content (AvgIpc) is 2.60. The van der Waals surface area contributed by atoms with Gasteiger partial charge in [0.05, 0.1) is 12.6 Å². The first-order chi connectivity index (χ1) is 12.9. The van der Waals surface area contributed by atoms with E-state index in [1.807, 2.05) is 24.3 Å². The largest absolute Gasteiger partial charge is 0.493 e. The molecule has 2 aromatic carbocycles. The number of benzene rings is 2. The Balaban J connectivity index is 1.85. The van der Waals surface area contributed by atoms with Crippen LogP contribution in [0.2, 0.25) is 0 Å². The Hall–Kier alpha value is -3.35. The van der Waals surface area contributed by atoms with Crippen molar-refractivity contribution in [3.63, 3.8) is 0 Å². The lowest BCUT2D eigenvalue weighted by Crippen LogP contribution is -2.32. The van der Waals surface area contributed by atoms with Crippen molar-refractivity contribution in [1.29, 1.82) is 0 Å². The number of para-hydroxylation sites is 1. The number of hydrogen-bond donors (Lipinski definition) is 3. The minimum atomic E-state index is -0.296. The highest BCUT2D eigenvalue weighted by Crippen LogP contribution is 2.32. The Morgan fingerprint density at radius 1 is 0.963 bits per heavy atom. The molecule has 3 amide bonds. The number of rotatable bonds is 4. The van der Waals surface area contributed by atoms with Gasteiger partial charge >= 0.3 is 0 Å². The molecule has 0 saturated heterocycles. The minimum Gasteiger partial charge on any atom is -0.493 e. The van der Waals surface area contributed by atoms with Crippen LogP contribution < -0.4 is 20.7 Å². The molecule has 3 rings (SSSR count). The van der Waals surface area contributed by atoms with Crippen LogP contribution in [0.25, 0.3) is 0 Å². The van der Waals surface area contributed by atoms with E-state index in [2.05, 4.69) is 16.0 Å². The number of fused-ring (bicyclic) bond motifs is 1. The van der Waals surface area contributed by atoms with E-state index < -0.39 is 0 Å². The van der Waals surface area contributed by atoms with E-state index in [0.717, 1.165) is 11.3 Å². The summed E-state index contributed by atoms with van der Waals surface area (Å²) in [7, 11) is 0. The molecule has 1 aliphatic rings. The molecule has 0 aromatic heterocycles. The van der Waals surface area contributed by atoms with Gasteiger partial charge in [-0.15, -0.1) is 0 Å². The fraction of sp³-hybridized carbons (Fsp3) is 0.250. The lowest BCUT2D eigenvalue weighted by Gasteiger charge is -2.26. The second kappa shape index (κ2) is 7.90. The Bertz CT molecular complexity index is 860. The number of ether oxygens (including phenoxy) is 1. The van der Waals surface area contributed by atoms with E-state index >= 15 is 0 Å². The molecule has 1 atom stereocenters. The van der Waals surface area contributed by atoms with E-state index in [-0.39, 0.29) is 23.8 Å². The number of amides is 3. The standard InChI is InChI=1S/C20H21N3O4/c1-12(24)21-15-9-14(10-16(11-15)22-13(2)25)20(26)23-18-7-8-27-19-6-4-3-5-17(18)19/h3-6,9-11,18H,7-8H2,1-2H3,(H,21,24)(H,22,25)(H,23,26)/t18-/m0/s1. The van der Waals surface area contributed by atoms with Crippen LogP contribution in [0.5, 0.6) is 5.75 Å². The van der Waals surface area contributed by atoms with Gasteiger partial charge in [-0.25, -0.2) is 0 Å². The zero-order valence-electron chi connectivity index (χ0n) is 15.2. The first-order valence-corrected chi connectivity index (χ1v) is 8.65. The first kappa shape index (κ1) is 18.4. The Morgan fingerprint density at radius 2 is 1.59 bits per heavy atom. The van der Waals surface area contributed by atoms with Crippen LogP contribution in [0.1, 0.15) is 42.2 Å². The van der Waals surface area contributed by atoms with Gasteiger partial charge in [-0.2, -0.15) is 0 Å². The van der Waals surface area contributed by atoms with Crippen molar-refractivity contribution in [3.05, 3.63) is 53.6 Å². The van der Waals surface area contributed by atoms with E-state index in [1.165, 1.54) is 13.8 Å². The highest BCUT2D eigenvalue weighted by atomic mass is 16.5. The second-order valence-corrected chi connectivity index (χ2v) is 6.36. The number of anilines is 2. The molecular weight excluding hydrogens is 346 g/mol. The number of carbonyl (C=O) groups excluding carboxylic acids is 3. The molecule has 0 aliphatic carbocycles. The normalized spacial score (nSPS) is 15.1. The number of hydrogen-bond acceptors (Lipinski definition) is 4. The second-order valence-electron chi connectivity index (χ2n) is 6.36. The first-order valence-electron chi connectivity index (χ1n) is 8.65. The fourth-order valence-electron chi connectivity index (χ4n) is 3.04. The molecule has 1 heterocycles. The third kappa shape index (κ3) is 4.63. The monoisotopic (exact) mass is 367 g/mol. The molecule has 0 saturated carbocycles. The molecule has 1 aliphatic heterocycles. The zero-order valence-corrected chi connectivity index (χ0v) is 15.2. The predicted molar refractivity (Wildman–Crippen MR) is 102 cm³/mol. The van der Waals surface area contributed by atoms with Crippen molar-refractivity contribution in [2.45, 2.75) is 26.3 Å². The third-order valence-corrected chi connectivity index (χ3v) is 4.10. The summed E-state index contributed by atoms with van der Waals surface area (Å²) in [6, 6.07) is 12.2. The van der Waals surface area contributed by atoms with Crippen LogP contribution in [0.4, 0.5) is 11.4 Å². The molecule has 3 N–H and O–H groups in total. The molecule has 0 radical (unpaired) electrons. The van der Waals surface area contributed by atoms with Gasteiger partial charge in [-0.1, -0.05) is 18.2 Å². The summed E-state index contributed by atoms with van der Waals surface area (Å²) in [5.74, 6) is -0.0603. The van der Waals surface area contributed by atoms with Gasteiger partial charge in [-0.05, 0) is 24.3 Å². The van der Waals surface area contributed by atoms with Crippen molar-refractivity contribution in [2.24, 2.45) is 0 Å². The topological polar surface area (TPSA) is 96.5 Å².